The van der Waals surface area contributed by atoms with Crippen molar-refractivity contribution in [1.82, 2.24) is 19.7 Å². The summed E-state index contributed by atoms with van der Waals surface area (Å²) in [6, 6.07) is 8.17. The first-order valence-corrected chi connectivity index (χ1v) is 14.7. The predicted octanol–water partition coefficient (Wildman–Crippen LogP) is 5.47. The van der Waals surface area contributed by atoms with Gasteiger partial charge in [-0.25, -0.2) is 4.98 Å². The highest BCUT2D eigenvalue weighted by Crippen LogP contribution is 2.32. The Balaban J connectivity index is 1.38. The quantitative estimate of drug-likeness (QED) is 0.320. The lowest BCUT2D eigenvalue weighted by Crippen LogP contribution is -2.47. The molecule has 0 bridgehead atoms. The van der Waals surface area contributed by atoms with Gasteiger partial charge in [-0.1, -0.05) is 11.6 Å². The number of fused-ring (bicyclic) bond motifs is 1. The predicted molar refractivity (Wildman–Crippen MR) is 164 cm³/mol. The number of benzene rings is 1. The number of hydrogen-bond donors (Lipinski definition) is 1. The van der Waals surface area contributed by atoms with Crippen molar-refractivity contribution in [3.8, 4) is 11.1 Å². The highest BCUT2D eigenvalue weighted by Gasteiger charge is 2.22. The van der Waals surface area contributed by atoms with E-state index >= 15 is 0 Å². The Morgan fingerprint density at radius 2 is 1.76 bits per heavy atom. The molecule has 2 aromatic heterocycles. The van der Waals surface area contributed by atoms with Crippen molar-refractivity contribution in [2.45, 2.75) is 59.4 Å². The van der Waals surface area contributed by atoms with Crippen LogP contribution in [0.1, 0.15) is 69.8 Å². The minimum absolute atomic E-state index is 0.00474. The van der Waals surface area contributed by atoms with Crippen molar-refractivity contribution in [2.24, 2.45) is 0 Å². The number of carboxylic acids is 1. The summed E-state index contributed by atoms with van der Waals surface area (Å²) in [6.07, 6.45) is 6.93. The Morgan fingerprint density at radius 3 is 2.40 bits per heavy atom. The summed E-state index contributed by atoms with van der Waals surface area (Å²) >= 11 is 0. The third-order valence-corrected chi connectivity index (χ3v) is 8.24. The number of pyridine rings is 1. The first kappa shape index (κ1) is 29.4. The second-order valence-electron chi connectivity index (χ2n) is 11.7. The van der Waals surface area contributed by atoms with E-state index in [1.807, 2.05) is 49.0 Å². The van der Waals surface area contributed by atoms with Gasteiger partial charge in [-0.05, 0) is 75.1 Å². The lowest BCUT2D eigenvalue weighted by molar-refractivity contribution is -0.137. The molecule has 0 radical (unpaired) electrons. The van der Waals surface area contributed by atoms with Gasteiger partial charge in [0.25, 0.3) is 0 Å². The highest BCUT2D eigenvalue weighted by molar-refractivity contribution is 6.09. The molecule has 0 atom stereocenters. The van der Waals surface area contributed by atoms with Gasteiger partial charge in [-0.3, -0.25) is 24.0 Å². The van der Waals surface area contributed by atoms with Crippen LogP contribution < -0.4 is 4.90 Å². The van der Waals surface area contributed by atoms with Crippen LogP contribution in [0.15, 0.2) is 59.5 Å². The van der Waals surface area contributed by atoms with Gasteiger partial charge in [0.1, 0.15) is 5.82 Å². The van der Waals surface area contributed by atoms with E-state index in [0.717, 1.165) is 70.7 Å². The van der Waals surface area contributed by atoms with Gasteiger partial charge in [-0.15, -0.1) is 0 Å². The number of aromatic nitrogens is 3. The molecule has 5 rings (SSSR count). The summed E-state index contributed by atoms with van der Waals surface area (Å²) in [7, 11) is 0. The van der Waals surface area contributed by atoms with Crippen molar-refractivity contribution in [3.63, 3.8) is 0 Å². The summed E-state index contributed by atoms with van der Waals surface area (Å²) in [4.78, 5) is 46.3. The van der Waals surface area contributed by atoms with Crippen LogP contribution in [-0.2, 0) is 9.59 Å². The zero-order valence-electron chi connectivity index (χ0n) is 24.9. The van der Waals surface area contributed by atoms with Crippen LogP contribution in [-0.4, -0.2) is 75.0 Å². The molecule has 1 saturated heterocycles. The summed E-state index contributed by atoms with van der Waals surface area (Å²) in [5.74, 6) is 0.217. The van der Waals surface area contributed by atoms with E-state index in [4.69, 9.17) is 10.1 Å². The number of carbonyl (C=O) groups is 3. The fraction of sp³-hybridized carbons (Fsp3) is 0.424. The minimum Gasteiger partial charge on any atom is -0.481 e. The first-order chi connectivity index (χ1) is 20.1. The molecule has 3 aromatic rings. The molecule has 2 aliphatic rings. The van der Waals surface area contributed by atoms with Gasteiger partial charge in [0, 0.05) is 74.3 Å². The van der Waals surface area contributed by atoms with Crippen LogP contribution in [0, 0.1) is 0 Å². The molecule has 9 heteroatoms. The van der Waals surface area contributed by atoms with E-state index in [-0.39, 0.29) is 30.4 Å². The number of carbonyl (C=O) groups excluding carboxylic acids is 2. The molecule has 1 aliphatic heterocycles. The normalized spacial score (nSPS) is 16.5. The summed E-state index contributed by atoms with van der Waals surface area (Å²) in [5.41, 5.74) is 6.08. The topological polar surface area (TPSA) is 109 Å². The van der Waals surface area contributed by atoms with E-state index in [2.05, 4.69) is 34.8 Å². The zero-order chi connectivity index (χ0) is 30.0. The molecule has 42 heavy (non-hydrogen) atoms. The van der Waals surface area contributed by atoms with Crippen molar-refractivity contribution < 1.29 is 19.5 Å². The van der Waals surface area contributed by atoms with Gasteiger partial charge >= 0.3 is 5.97 Å². The van der Waals surface area contributed by atoms with E-state index < -0.39 is 5.97 Å². The molecular formula is C33H39N5O4. The number of Topliss-reactive ketones (excluding diaryl/α,β-unsaturated/α-hetero) is 2. The van der Waals surface area contributed by atoms with Crippen molar-refractivity contribution in [3.05, 3.63) is 65.0 Å². The molecule has 0 amide bonds. The second kappa shape index (κ2) is 12.4. The molecule has 3 heterocycles. The first-order valence-electron chi connectivity index (χ1n) is 14.7. The van der Waals surface area contributed by atoms with Crippen LogP contribution in [0.4, 0.5) is 5.82 Å². The molecule has 9 nitrogen and oxygen atoms in total. The Kier molecular flexibility index (Phi) is 8.68. The fourth-order valence-corrected chi connectivity index (χ4v) is 5.95. The van der Waals surface area contributed by atoms with Crippen LogP contribution in [0.25, 0.3) is 22.0 Å². The average molecular weight is 570 g/mol. The Labute approximate surface area is 246 Å². The van der Waals surface area contributed by atoms with Crippen molar-refractivity contribution >= 4 is 34.3 Å². The van der Waals surface area contributed by atoms with Crippen LogP contribution >= 0.6 is 0 Å². The SMILES string of the molecule is CC1=CC(C)=C(CCC(=O)c2cc(-c3ccc(N4CCN(CCC(=O)O)CC4)nc3)cc3c2cnn3C(C)C)C(=O)C1. The zero-order valence-corrected chi connectivity index (χ0v) is 24.9. The maximum Gasteiger partial charge on any atom is 0.304 e. The summed E-state index contributed by atoms with van der Waals surface area (Å²) in [5, 5.41) is 14.4. The monoisotopic (exact) mass is 569 g/mol. The standard InChI is InChI=1S/C33H39N5O4/c1-21(2)38-29-18-25(24-5-8-32(34-19-24)37-13-11-36(12-14-37)10-9-33(41)42)17-27(28(29)20-35-38)30(39)7-6-26-23(4)15-22(3)16-31(26)40/h5,8,15,17-21H,6-7,9-14,16H2,1-4H3,(H,41,42). The molecule has 1 aromatic carbocycles. The minimum atomic E-state index is -0.770. The maximum absolute atomic E-state index is 13.7. The van der Waals surface area contributed by atoms with Crippen LogP contribution in [0.5, 0.6) is 0 Å². The fourth-order valence-electron chi connectivity index (χ4n) is 5.95. The lowest BCUT2D eigenvalue weighted by Gasteiger charge is -2.35. The highest BCUT2D eigenvalue weighted by atomic mass is 16.4. The molecule has 0 spiro atoms. The van der Waals surface area contributed by atoms with E-state index in [1.165, 1.54) is 0 Å². The Morgan fingerprint density at radius 1 is 1.00 bits per heavy atom. The number of piperazine rings is 1. The number of rotatable bonds is 10. The van der Waals surface area contributed by atoms with Gasteiger partial charge < -0.3 is 10.0 Å². The number of nitrogens with zero attached hydrogens (tertiary/aromatic N) is 5. The van der Waals surface area contributed by atoms with E-state index in [1.54, 1.807) is 6.20 Å². The van der Waals surface area contributed by atoms with Crippen LogP contribution in [0.3, 0.4) is 0 Å². The summed E-state index contributed by atoms with van der Waals surface area (Å²) < 4.78 is 1.94. The largest absolute Gasteiger partial charge is 0.481 e. The molecule has 1 N–H and O–H groups in total. The van der Waals surface area contributed by atoms with Gasteiger partial charge in [0.2, 0.25) is 0 Å². The van der Waals surface area contributed by atoms with Gasteiger partial charge in [0.15, 0.2) is 11.6 Å². The average Bonchev–Trinajstić information content (AvgIpc) is 3.40. The van der Waals surface area contributed by atoms with Crippen LogP contribution in [0.2, 0.25) is 0 Å². The van der Waals surface area contributed by atoms with Gasteiger partial charge in [0.05, 0.1) is 18.1 Å². The van der Waals surface area contributed by atoms with Crippen molar-refractivity contribution in [1.29, 1.82) is 0 Å². The molecule has 1 aliphatic carbocycles. The summed E-state index contributed by atoms with van der Waals surface area (Å²) in [6.45, 7) is 11.8. The Hall–Kier alpha value is -4.11. The van der Waals surface area contributed by atoms with E-state index in [9.17, 15) is 14.4 Å². The number of allylic oxidation sites excluding steroid dienone is 4. The third kappa shape index (κ3) is 6.36. The molecular weight excluding hydrogens is 530 g/mol. The second-order valence-corrected chi connectivity index (χ2v) is 11.7. The Bertz CT molecular complexity index is 1570. The molecule has 0 unspecified atom stereocenters. The number of aliphatic carboxylic acids is 1. The molecule has 220 valence electrons. The smallest absolute Gasteiger partial charge is 0.304 e. The lowest BCUT2D eigenvalue weighted by atomic mass is 9.88. The number of carboxylic acid groups (broad SMARTS) is 1. The number of hydrogen-bond acceptors (Lipinski definition) is 7. The third-order valence-electron chi connectivity index (χ3n) is 8.24. The van der Waals surface area contributed by atoms with E-state index in [0.29, 0.717) is 24.9 Å². The number of ketones is 2. The number of anilines is 1. The molecule has 1 fully saturated rings. The molecule has 0 saturated carbocycles. The maximum atomic E-state index is 13.7. The van der Waals surface area contributed by atoms with Gasteiger partial charge in [-0.2, -0.15) is 5.10 Å². The van der Waals surface area contributed by atoms with Crippen molar-refractivity contribution in [2.75, 3.05) is 37.6 Å².